The second-order valence-corrected chi connectivity index (χ2v) is 1.58. The zero-order valence-corrected chi connectivity index (χ0v) is 5.12. The van der Waals surface area contributed by atoms with Crippen molar-refractivity contribution in [2.75, 3.05) is 0 Å². The molecule has 1 heterocycles. The van der Waals surface area contributed by atoms with Gasteiger partial charge in [-0.25, -0.2) is 14.4 Å². The van der Waals surface area contributed by atoms with E-state index in [1.54, 1.807) is 0 Å². The summed E-state index contributed by atoms with van der Waals surface area (Å²) in [6, 6.07) is 0. The largest absolute Gasteiger partial charge is 0.233 e. The Balaban J connectivity index is 3.40. The first-order valence-corrected chi connectivity index (χ1v) is 2.51. The van der Waals surface area contributed by atoms with Crippen LogP contribution in [-0.2, 0) is 14.4 Å². The second-order valence-electron chi connectivity index (χ2n) is 1.58. The quantitative estimate of drug-likeness (QED) is 0.440. The van der Waals surface area contributed by atoms with Crippen molar-refractivity contribution in [1.82, 2.24) is 0 Å². The molecule has 0 saturated carbocycles. The van der Waals surface area contributed by atoms with E-state index in [0.717, 1.165) is 0 Å². The fourth-order valence-corrected chi connectivity index (χ4v) is 0.552. The SMILES string of the molecule is O=C=C1N=NC(=C=O)C1=C=O. The van der Waals surface area contributed by atoms with Crippen LogP contribution in [0.3, 0.4) is 0 Å². The van der Waals surface area contributed by atoms with Gasteiger partial charge in [-0.05, 0) is 0 Å². The van der Waals surface area contributed by atoms with Crippen molar-refractivity contribution in [3.05, 3.63) is 17.0 Å². The molecular formula is C6N2O3. The summed E-state index contributed by atoms with van der Waals surface area (Å²) < 4.78 is 0. The molecule has 0 fully saturated rings. The second kappa shape index (κ2) is 2.69. The highest BCUT2D eigenvalue weighted by Gasteiger charge is 2.20. The van der Waals surface area contributed by atoms with Crippen LogP contribution in [0.5, 0.6) is 0 Å². The van der Waals surface area contributed by atoms with Gasteiger partial charge in [0.2, 0.25) is 0 Å². The summed E-state index contributed by atoms with van der Waals surface area (Å²) in [7, 11) is 0. The third kappa shape index (κ3) is 0.980. The normalized spacial score (nSPS) is 14.4. The Morgan fingerprint density at radius 3 is 1.55 bits per heavy atom. The van der Waals surface area contributed by atoms with E-state index in [0.29, 0.717) is 0 Å². The molecule has 1 rings (SSSR count). The van der Waals surface area contributed by atoms with Crippen molar-refractivity contribution in [2.24, 2.45) is 10.2 Å². The van der Waals surface area contributed by atoms with E-state index in [2.05, 4.69) is 10.2 Å². The Bertz CT molecular complexity index is 345. The van der Waals surface area contributed by atoms with Crippen LogP contribution in [0, 0.1) is 0 Å². The van der Waals surface area contributed by atoms with Crippen LogP contribution in [0.1, 0.15) is 0 Å². The van der Waals surface area contributed by atoms with E-state index in [-0.39, 0.29) is 17.0 Å². The number of hydrogen-bond acceptors (Lipinski definition) is 5. The third-order valence-electron chi connectivity index (χ3n) is 1.02. The Hall–Kier alpha value is -2.05. The maximum atomic E-state index is 10.1. The Morgan fingerprint density at radius 2 is 1.27 bits per heavy atom. The topological polar surface area (TPSA) is 75.9 Å². The molecule has 5 heteroatoms. The van der Waals surface area contributed by atoms with E-state index >= 15 is 0 Å². The monoisotopic (exact) mass is 148 g/mol. The number of azo groups is 1. The number of hydrogen-bond donors (Lipinski definition) is 0. The first-order chi connectivity index (χ1) is 5.33. The van der Waals surface area contributed by atoms with Crippen molar-refractivity contribution in [2.45, 2.75) is 0 Å². The van der Waals surface area contributed by atoms with Gasteiger partial charge < -0.3 is 0 Å². The zero-order chi connectivity index (χ0) is 8.27. The lowest BCUT2D eigenvalue weighted by molar-refractivity contribution is 0.563. The molecule has 1 aliphatic heterocycles. The van der Waals surface area contributed by atoms with Crippen LogP contribution >= 0.6 is 0 Å². The van der Waals surface area contributed by atoms with E-state index < -0.39 is 0 Å². The van der Waals surface area contributed by atoms with E-state index in [1.165, 1.54) is 17.8 Å². The summed E-state index contributed by atoms with van der Waals surface area (Å²) in [6.45, 7) is 0. The van der Waals surface area contributed by atoms with Crippen molar-refractivity contribution < 1.29 is 14.4 Å². The molecule has 52 valence electrons. The van der Waals surface area contributed by atoms with Gasteiger partial charge in [-0.1, -0.05) is 0 Å². The van der Waals surface area contributed by atoms with Gasteiger partial charge in [0, 0.05) is 0 Å². The molecule has 0 aromatic rings. The molecule has 0 saturated heterocycles. The van der Waals surface area contributed by atoms with Gasteiger partial charge in [0.1, 0.15) is 11.5 Å². The van der Waals surface area contributed by atoms with Crippen molar-refractivity contribution >= 4 is 17.8 Å². The minimum Gasteiger partial charge on any atom is -0.233 e. The van der Waals surface area contributed by atoms with Crippen LogP contribution < -0.4 is 0 Å². The summed E-state index contributed by atoms with van der Waals surface area (Å²) in [5, 5.41) is 6.36. The van der Waals surface area contributed by atoms with Crippen molar-refractivity contribution in [1.29, 1.82) is 0 Å². The van der Waals surface area contributed by atoms with Crippen LogP contribution in [0.2, 0.25) is 0 Å². The fourth-order valence-electron chi connectivity index (χ4n) is 0.552. The lowest BCUT2D eigenvalue weighted by Crippen LogP contribution is -1.84. The first-order valence-electron chi connectivity index (χ1n) is 2.51. The van der Waals surface area contributed by atoms with E-state index in [4.69, 9.17) is 0 Å². The highest BCUT2D eigenvalue weighted by Crippen LogP contribution is 2.22. The number of rotatable bonds is 0. The summed E-state index contributed by atoms with van der Waals surface area (Å²) in [5.41, 5.74) is -0.897. The lowest BCUT2D eigenvalue weighted by Gasteiger charge is -1.78. The maximum Gasteiger partial charge on any atom is 0.190 e. The number of nitrogens with zero attached hydrogens (tertiary/aromatic N) is 2. The molecule has 5 nitrogen and oxygen atoms in total. The molecule has 0 amide bonds. The zero-order valence-electron chi connectivity index (χ0n) is 5.12. The Labute approximate surface area is 60.4 Å². The molecule has 0 radical (unpaired) electrons. The van der Waals surface area contributed by atoms with E-state index in [1.807, 2.05) is 0 Å². The lowest BCUT2D eigenvalue weighted by atomic mass is 10.2. The van der Waals surface area contributed by atoms with Crippen LogP contribution in [-0.4, -0.2) is 17.8 Å². The molecule has 0 bridgehead atoms. The van der Waals surface area contributed by atoms with E-state index in [9.17, 15) is 14.4 Å². The van der Waals surface area contributed by atoms with Gasteiger partial charge in [0.05, 0.1) is 0 Å². The molecule has 0 aromatic heterocycles. The fraction of sp³-hybridized carbons (Fsp3) is 0. The maximum absolute atomic E-state index is 10.1. The van der Waals surface area contributed by atoms with Crippen molar-refractivity contribution in [3.63, 3.8) is 0 Å². The molecular weight excluding hydrogens is 148 g/mol. The van der Waals surface area contributed by atoms with Crippen LogP contribution in [0.15, 0.2) is 27.2 Å². The highest BCUT2D eigenvalue weighted by molar-refractivity contribution is 5.83. The van der Waals surface area contributed by atoms with Gasteiger partial charge in [0.25, 0.3) is 0 Å². The predicted molar refractivity (Wildman–Crippen MR) is 32.5 cm³/mol. The first kappa shape index (κ1) is 7.06. The molecule has 0 aromatic carbocycles. The van der Waals surface area contributed by atoms with Gasteiger partial charge >= 0.3 is 0 Å². The highest BCUT2D eigenvalue weighted by atomic mass is 16.1. The molecule has 0 aliphatic carbocycles. The molecule has 1 aliphatic rings. The predicted octanol–water partition coefficient (Wildman–Crippen LogP) is -0.359. The van der Waals surface area contributed by atoms with Crippen LogP contribution in [0.25, 0.3) is 0 Å². The molecule has 0 atom stereocenters. The molecule has 0 unspecified atom stereocenters. The smallest absolute Gasteiger partial charge is 0.190 e. The van der Waals surface area contributed by atoms with Gasteiger partial charge in [-0.3, -0.25) is 0 Å². The molecule has 0 spiro atoms. The van der Waals surface area contributed by atoms with Gasteiger partial charge in [-0.15, -0.1) is 10.2 Å². The standard InChI is InChI=1S/C6N2O3/c9-1-4-5(2-10)7-8-6(4)3-11. The summed E-state index contributed by atoms with van der Waals surface area (Å²) in [4.78, 5) is 30.0. The molecule has 11 heavy (non-hydrogen) atoms. The minimum absolute atomic E-state index is 0.282. The number of carbonyl (C=O) groups excluding carboxylic acids is 3. The van der Waals surface area contributed by atoms with Crippen LogP contribution in [0.4, 0.5) is 0 Å². The Morgan fingerprint density at radius 1 is 0.818 bits per heavy atom. The average Bonchev–Trinajstić information content (AvgIpc) is 2.45. The summed E-state index contributed by atoms with van der Waals surface area (Å²) >= 11 is 0. The molecule has 0 N–H and O–H groups in total. The Kier molecular flexibility index (Phi) is 1.73. The van der Waals surface area contributed by atoms with Crippen molar-refractivity contribution in [3.8, 4) is 0 Å². The summed E-state index contributed by atoms with van der Waals surface area (Å²) in [5.74, 6) is 4.02. The minimum atomic E-state index is -0.307. The van der Waals surface area contributed by atoms with Gasteiger partial charge in [0.15, 0.2) is 23.3 Å². The van der Waals surface area contributed by atoms with Gasteiger partial charge in [-0.2, -0.15) is 0 Å². The summed E-state index contributed by atoms with van der Waals surface area (Å²) in [6.07, 6.45) is 0. The average molecular weight is 148 g/mol. The third-order valence-corrected chi connectivity index (χ3v) is 1.02.